The van der Waals surface area contributed by atoms with Crippen LogP contribution in [-0.4, -0.2) is 86.9 Å². The van der Waals surface area contributed by atoms with Gasteiger partial charge in [0.15, 0.2) is 5.96 Å². The van der Waals surface area contributed by atoms with Crippen molar-refractivity contribution in [1.82, 2.24) is 19.6 Å². The van der Waals surface area contributed by atoms with E-state index in [1.165, 1.54) is 11.5 Å². The highest BCUT2D eigenvalue weighted by Gasteiger charge is 2.21. The molecular weight excluding hydrogens is 479 g/mol. The molecule has 0 saturated carbocycles. The Balaban J connectivity index is 0.00000364. The average Bonchev–Trinajstić information content (AvgIpc) is 3.16. The highest BCUT2D eigenvalue weighted by atomic mass is 127. The Labute approximate surface area is 183 Å². The van der Waals surface area contributed by atoms with E-state index in [0.717, 1.165) is 75.5 Å². The number of aromatic nitrogens is 2. The third-order valence-electron chi connectivity index (χ3n) is 4.27. The molecule has 1 aromatic heterocycles. The normalized spacial score (nSPS) is 15.0. The third kappa shape index (κ3) is 8.44. The Bertz CT molecular complexity index is 537. The molecule has 0 atom stereocenters. The highest BCUT2D eigenvalue weighted by molar-refractivity contribution is 14.0. The fraction of sp³-hybridized carbons (Fsp3) is 0.824. The Hall–Kier alpha value is -0.720. The summed E-state index contributed by atoms with van der Waals surface area (Å²) in [5, 5.41) is 4.50. The molecule has 8 nitrogen and oxygen atoms in total. The van der Waals surface area contributed by atoms with E-state index in [2.05, 4.69) is 36.4 Å². The predicted molar refractivity (Wildman–Crippen MR) is 122 cm³/mol. The van der Waals surface area contributed by atoms with E-state index in [9.17, 15) is 0 Å². The van der Waals surface area contributed by atoms with Crippen LogP contribution >= 0.6 is 35.5 Å². The molecule has 27 heavy (non-hydrogen) atoms. The molecule has 0 spiro atoms. The minimum atomic E-state index is 0. The molecule has 0 amide bonds. The van der Waals surface area contributed by atoms with Gasteiger partial charge in [0.1, 0.15) is 5.82 Å². The maximum atomic E-state index is 5.48. The van der Waals surface area contributed by atoms with Gasteiger partial charge in [0.05, 0.1) is 13.2 Å². The molecule has 10 heteroatoms. The van der Waals surface area contributed by atoms with E-state index in [4.69, 9.17) is 9.47 Å². The zero-order valence-electron chi connectivity index (χ0n) is 16.6. The summed E-state index contributed by atoms with van der Waals surface area (Å²) in [6.45, 7) is 8.91. The molecular formula is C17H33IN6O2S. The second-order valence-electron chi connectivity index (χ2n) is 6.11. The van der Waals surface area contributed by atoms with Gasteiger partial charge in [-0.25, -0.2) is 4.98 Å². The Morgan fingerprint density at radius 1 is 1.19 bits per heavy atom. The standard InChI is InChI=1S/C17H32N6O2S.HI/c1-4-15-20-17(26-21-15)23-10-8-22(9-11-23)16(18-2)19-7-5-6-12-25-14-13-24-3;/h4-14H2,1-3H3,(H,18,19);1H. The number of nitrogens with zero attached hydrogens (tertiary/aromatic N) is 5. The summed E-state index contributed by atoms with van der Waals surface area (Å²) in [4.78, 5) is 13.6. The molecule has 2 heterocycles. The van der Waals surface area contributed by atoms with Gasteiger partial charge in [0, 0.05) is 71.4 Å². The number of halogens is 1. The second-order valence-corrected chi connectivity index (χ2v) is 6.84. The number of ether oxygens (including phenoxy) is 2. The lowest BCUT2D eigenvalue weighted by Crippen LogP contribution is -2.52. The van der Waals surface area contributed by atoms with Crippen molar-refractivity contribution in [3.63, 3.8) is 0 Å². The summed E-state index contributed by atoms with van der Waals surface area (Å²) in [6.07, 6.45) is 3.00. The second kappa shape index (κ2) is 14.3. The van der Waals surface area contributed by atoms with Gasteiger partial charge in [-0.2, -0.15) is 4.37 Å². The van der Waals surface area contributed by atoms with Crippen LogP contribution in [0.2, 0.25) is 0 Å². The van der Waals surface area contributed by atoms with Crippen LogP contribution in [0.4, 0.5) is 5.13 Å². The number of piperazine rings is 1. The number of unbranched alkanes of at least 4 members (excludes halogenated alkanes) is 1. The number of aliphatic imine (C=N–C) groups is 1. The first kappa shape index (κ1) is 24.3. The van der Waals surface area contributed by atoms with Crippen molar-refractivity contribution in [2.24, 2.45) is 4.99 Å². The van der Waals surface area contributed by atoms with Crippen molar-refractivity contribution in [3.05, 3.63) is 5.82 Å². The van der Waals surface area contributed by atoms with Gasteiger partial charge in [-0.15, -0.1) is 24.0 Å². The van der Waals surface area contributed by atoms with Gasteiger partial charge in [-0.05, 0) is 12.8 Å². The number of rotatable bonds is 10. The molecule has 1 saturated heterocycles. The average molecular weight is 512 g/mol. The lowest BCUT2D eigenvalue weighted by atomic mass is 10.3. The lowest BCUT2D eigenvalue weighted by Gasteiger charge is -2.36. The molecule has 1 N–H and O–H groups in total. The molecule has 0 aromatic carbocycles. The van der Waals surface area contributed by atoms with Gasteiger partial charge in [0.25, 0.3) is 0 Å². The topological polar surface area (TPSA) is 75.1 Å². The largest absolute Gasteiger partial charge is 0.382 e. The van der Waals surface area contributed by atoms with Crippen LogP contribution in [0.5, 0.6) is 0 Å². The van der Waals surface area contributed by atoms with Crippen molar-refractivity contribution in [3.8, 4) is 0 Å². The molecule has 1 aliphatic rings. The maximum absolute atomic E-state index is 5.48. The van der Waals surface area contributed by atoms with E-state index in [0.29, 0.717) is 13.2 Å². The fourth-order valence-corrected chi connectivity index (χ4v) is 3.53. The summed E-state index contributed by atoms with van der Waals surface area (Å²) in [6, 6.07) is 0. The molecule has 2 rings (SSSR count). The molecule has 1 fully saturated rings. The minimum Gasteiger partial charge on any atom is -0.382 e. The summed E-state index contributed by atoms with van der Waals surface area (Å²) in [7, 11) is 3.54. The van der Waals surface area contributed by atoms with E-state index in [1.54, 1.807) is 7.11 Å². The lowest BCUT2D eigenvalue weighted by molar-refractivity contribution is 0.0689. The first-order valence-corrected chi connectivity index (χ1v) is 10.2. The van der Waals surface area contributed by atoms with E-state index in [-0.39, 0.29) is 24.0 Å². The van der Waals surface area contributed by atoms with Crippen molar-refractivity contribution >= 4 is 46.6 Å². The fourth-order valence-electron chi connectivity index (χ4n) is 2.73. The Morgan fingerprint density at radius 3 is 2.59 bits per heavy atom. The highest BCUT2D eigenvalue weighted by Crippen LogP contribution is 2.19. The van der Waals surface area contributed by atoms with Crippen LogP contribution in [0.25, 0.3) is 0 Å². The smallest absolute Gasteiger partial charge is 0.205 e. The van der Waals surface area contributed by atoms with Crippen molar-refractivity contribution in [2.45, 2.75) is 26.2 Å². The zero-order chi connectivity index (χ0) is 18.6. The molecule has 0 unspecified atom stereocenters. The van der Waals surface area contributed by atoms with Crippen LogP contribution in [-0.2, 0) is 15.9 Å². The van der Waals surface area contributed by atoms with Gasteiger partial charge >= 0.3 is 0 Å². The van der Waals surface area contributed by atoms with Crippen LogP contribution in [0, 0.1) is 0 Å². The maximum Gasteiger partial charge on any atom is 0.205 e. The van der Waals surface area contributed by atoms with E-state index >= 15 is 0 Å². The Kier molecular flexibility index (Phi) is 12.9. The molecule has 156 valence electrons. The zero-order valence-corrected chi connectivity index (χ0v) is 19.8. The quantitative estimate of drug-likeness (QED) is 0.222. The van der Waals surface area contributed by atoms with E-state index in [1.807, 2.05) is 7.05 Å². The third-order valence-corrected chi connectivity index (χ3v) is 5.08. The number of methoxy groups -OCH3 is 1. The van der Waals surface area contributed by atoms with Gasteiger partial charge in [-0.1, -0.05) is 6.92 Å². The number of nitrogens with one attached hydrogen (secondary N) is 1. The first-order chi connectivity index (χ1) is 12.8. The van der Waals surface area contributed by atoms with Crippen LogP contribution < -0.4 is 10.2 Å². The van der Waals surface area contributed by atoms with E-state index < -0.39 is 0 Å². The van der Waals surface area contributed by atoms with Gasteiger partial charge < -0.3 is 24.6 Å². The molecule has 0 radical (unpaired) electrons. The number of hydrogen-bond donors (Lipinski definition) is 1. The summed E-state index contributed by atoms with van der Waals surface area (Å²) in [5.41, 5.74) is 0. The predicted octanol–water partition coefficient (Wildman–Crippen LogP) is 1.86. The van der Waals surface area contributed by atoms with Crippen LogP contribution in [0.15, 0.2) is 4.99 Å². The molecule has 0 aliphatic carbocycles. The minimum absolute atomic E-state index is 0. The van der Waals surface area contributed by atoms with Crippen molar-refractivity contribution < 1.29 is 9.47 Å². The van der Waals surface area contributed by atoms with Gasteiger partial charge in [-0.3, -0.25) is 4.99 Å². The summed E-state index contributed by atoms with van der Waals surface area (Å²) >= 11 is 1.50. The Morgan fingerprint density at radius 2 is 1.96 bits per heavy atom. The number of anilines is 1. The van der Waals surface area contributed by atoms with Gasteiger partial charge in [0.2, 0.25) is 5.13 Å². The number of aryl methyl sites for hydroxylation is 1. The first-order valence-electron chi connectivity index (χ1n) is 9.38. The van der Waals surface area contributed by atoms with Crippen molar-refractivity contribution in [2.75, 3.05) is 71.6 Å². The molecule has 1 aliphatic heterocycles. The number of guanidine groups is 1. The SMILES string of the molecule is CCc1nsc(N2CCN(C(=NC)NCCCCOCCOC)CC2)n1.I. The molecule has 1 aromatic rings. The number of hydrogen-bond acceptors (Lipinski definition) is 7. The summed E-state index contributed by atoms with van der Waals surface area (Å²) in [5.74, 6) is 1.92. The van der Waals surface area contributed by atoms with Crippen molar-refractivity contribution in [1.29, 1.82) is 0 Å². The summed E-state index contributed by atoms with van der Waals surface area (Å²) < 4.78 is 14.8. The molecule has 0 bridgehead atoms. The monoisotopic (exact) mass is 512 g/mol. The van der Waals surface area contributed by atoms with Crippen LogP contribution in [0.1, 0.15) is 25.6 Å². The van der Waals surface area contributed by atoms with Crippen LogP contribution in [0.3, 0.4) is 0 Å².